The van der Waals surface area contributed by atoms with Crippen molar-refractivity contribution in [2.24, 2.45) is 5.92 Å². The third-order valence-electron chi connectivity index (χ3n) is 4.89. The van der Waals surface area contributed by atoms with Crippen molar-refractivity contribution in [3.63, 3.8) is 0 Å². The monoisotopic (exact) mass is 374 g/mol. The van der Waals surface area contributed by atoms with Gasteiger partial charge >= 0.3 is 0 Å². The number of rotatable bonds is 8. The van der Waals surface area contributed by atoms with E-state index in [1.165, 1.54) is 11.4 Å². The smallest absolute Gasteiger partial charge is 0.105 e. The minimum absolute atomic E-state index is 0.452. The summed E-state index contributed by atoms with van der Waals surface area (Å²) in [5.74, 6) is 1.59. The van der Waals surface area contributed by atoms with Gasteiger partial charge in [-0.2, -0.15) is 0 Å². The molecule has 1 atom stereocenters. The summed E-state index contributed by atoms with van der Waals surface area (Å²) < 4.78 is 0. The maximum absolute atomic E-state index is 3.42. The molecule has 146 valence electrons. The first-order valence-corrected chi connectivity index (χ1v) is 9.97. The Morgan fingerprint density at radius 2 is 1.39 bits per heavy atom. The van der Waals surface area contributed by atoms with Crippen molar-refractivity contribution in [3.8, 4) is 0 Å². The molecular weight excluding hydrogens is 344 g/mol. The molecule has 0 aromatic rings. The highest BCUT2D eigenvalue weighted by molar-refractivity contribution is 5.24. The van der Waals surface area contributed by atoms with Crippen molar-refractivity contribution in [1.82, 2.24) is 20.9 Å². The number of nitrogens with zero attached hydrogens (tertiary/aromatic N) is 1. The molecule has 0 aliphatic carbocycles. The van der Waals surface area contributed by atoms with E-state index in [0.717, 1.165) is 31.8 Å². The molecule has 4 heteroatoms. The second-order valence-corrected chi connectivity index (χ2v) is 6.96. The highest BCUT2D eigenvalue weighted by atomic mass is 15.2. The molecule has 3 aliphatic rings. The lowest BCUT2D eigenvalue weighted by atomic mass is 10.0. The second kappa shape index (κ2) is 10.9. The van der Waals surface area contributed by atoms with Crippen LogP contribution in [0.5, 0.6) is 0 Å². The Balaban J connectivity index is 1.63. The average molecular weight is 375 g/mol. The van der Waals surface area contributed by atoms with Gasteiger partial charge in [-0.15, -0.1) is 0 Å². The fourth-order valence-corrected chi connectivity index (χ4v) is 3.19. The van der Waals surface area contributed by atoms with E-state index >= 15 is 0 Å². The Kier molecular flexibility index (Phi) is 7.62. The van der Waals surface area contributed by atoms with Crippen LogP contribution in [-0.2, 0) is 0 Å². The van der Waals surface area contributed by atoms with Crippen LogP contribution >= 0.6 is 0 Å². The Bertz CT molecular complexity index is 787. The van der Waals surface area contributed by atoms with E-state index in [2.05, 4.69) is 64.2 Å². The largest absolute Gasteiger partial charge is 0.365 e. The highest BCUT2D eigenvalue weighted by Crippen LogP contribution is 2.17. The lowest BCUT2D eigenvalue weighted by Gasteiger charge is -2.29. The summed E-state index contributed by atoms with van der Waals surface area (Å²) in [5.41, 5.74) is 2.49. The van der Waals surface area contributed by atoms with Crippen molar-refractivity contribution in [1.29, 1.82) is 0 Å². The number of hydrogen-bond donors (Lipinski definition) is 3. The molecule has 0 saturated heterocycles. The summed E-state index contributed by atoms with van der Waals surface area (Å²) in [7, 11) is 0. The molecule has 1 unspecified atom stereocenters. The summed E-state index contributed by atoms with van der Waals surface area (Å²) in [6.45, 7) is 4.21. The van der Waals surface area contributed by atoms with E-state index in [0.29, 0.717) is 5.92 Å². The van der Waals surface area contributed by atoms with Crippen LogP contribution in [0.4, 0.5) is 0 Å². The number of nitrogens with one attached hydrogen (secondary N) is 3. The van der Waals surface area contributed by atoms with E-state index in [-0.39, 0.29) is 0 Å². The zero-order chi connectivity index (χ0) is 19.4. The zero-order valence-electron chi connectivity index (χ0n) is 16.5. The summed E-state index contributed by atoms with van der Waals surface area (Å²) >= 11 is 0. The molecule has 28 heavy (non-hydrogen) atoms. The van der Waals surface area contributed by atoms with E-state index in [4.69, 9.17) is 0 Å². The zero-order valence-corrected chi connectivity index (χ0v) is 16.5. The van der Waals surface area contributed by atoms with Gasteiger partial charge in [0, 0.05) is 49.5 Å². The quantitative estimate of drug-likeness (QED) is 0.591. The van der Waals surface area contributed by atoms with Gasteiger partial charge in [0.15, 0.2) is 0 Å². The maximum Gasteiger partial charge on any atom is 0.105 e. The fourth-order valence-electron chi connectivity index (χ4n) is 3.19. The van der Waals surface area contributed by atoms with Crippen molar-refractivity contribution < 1.29 is 0 Å². The first kappa shape index (κ1) is 19.6. The van der Waals surface area contributed by atoms with Crippen molar-refractivity contribution in [3.05, 3.63) is 109 Å². The maximum atomic E-state index is 3.42. The predicted molar refractivity (Wildman–Crippen MR) is 118 cm³/mol. The molecule has 0 radical (unpaired) electrons. The Hall–Kier alpha value is -3.14. The summed E-state index contributed by atoms with van der Waals surface area (Å²) in [6.07, 6.45) is 32.9. The molecule has 4 nitrogen and oxygen atoms in total. The van der Waals surface area contributed by atoms with Gasteiger partial charge in [0.05, 0.1) is 0 Å². The number of hydrogen-bond acceptors (Lipinski definition) is 4. The highest BCUT2D eigenvalue weighted by Gasteiger charge is 2.14. The Morgan fingerprint density at radius 1 is 0.714 bits per heavy atom. The second-order valence-electron chi connectivity index (χ2n) is 6.96. The summed E-state index contributed by atoms with van der Waals surface area (Å²) in [6, 6.07) is 0. The average Bonchev–Trinajstić information content (AvgIpc) is 3.24. The van der Waals surface area contributed by atoms with Crippen LogP contribution in [-0.4, -0.2) is 18.0 Å². The van der Waals surface area contributed by atoms with Crippen LogP contribution in [0.2, 0.25) is 0 Å². The van der Waals surface area contributed by atoms with Crippen LogP contribution in [0.1, 0.15) is 19.8 Å². The van der Waals surface area contributed by atoms with E-state index in [1.54, 1.807) is 0 Å². The van der Waals surface area contributed by atoms with Crippen LogP contribution in [0, 0.1) is 5.92 Å². The Labute approximate surface area is 168 Å². The lowest BCUT2D eigenvalue weighted by Crippen LogP contribution is -2.33. The van der Waals surface area contributed by atoms with Gasteiger partial charge < -0.3 is 20.9 Å². The third-order valence-corrected chi connectivity index (χ3v) is 4.89. The molecule has 0 amide bonds. The molecule has 0 bridgehead atoms. The van der Waals surface area contributed by atoms with Gasteiger partial charge in [-0.05, 0) is 48.8 Å². The van der Waals surface area contributed by atoms with Gasteiger partial charge in [-0.1, -0.05) is 43.4 Å². The van der Waals surface area contributed by atoms with E-state index < -0.39 is 0 Å². The molecule has 0 aromatic carbocycles. The Morgan fingerprint density at radius 3 is 2.21 bits per heavy atom. The van der Waals surface area contributed by atoms with Crippen molar-refractivity contribution >= 4 is 0 Å². The normalized spacial score (nSPS) is 18.5. The first-order valence-electron chi connectivity index (χ1n) is 9.97. The third kappa shape index (κ3) is 6.23. The predicted octanol–water partition coefficient (Wildman–Crippen LogP) is 4.33. The molecule has 0 aromatic heterocycles. The molecule has 3 heterocycles. The van der Waals surface area contributed by atoms with Gasteiger partial charge in [0.25, 0.3) is 0 Å². The van der Waals surface area contributed by atoms with Crippen LogP contribution in [0.3, 0.4) is 0 Å². The fraction of sp³-hybridized carbons (Fsp3) is 0.250. The van der Waals surface area contributed by atoms with Crippen molar-refractivity contribution in [2.75, 3.05) is 13.1 Å². The van der Waals surface area contributed by atoms with Gasteiger partial charge in [-0.25, -0.2) is 0 Å². The minimum atomic E-state index is 0.452. The SMILES string of the molecule is CC(CCN(CCC1=CC=CC=CN1)C1=CC=CC=CN1)C1=CC=CC=CN1. The van der Waals surface area contributed by atoms with Crippen LogP contribution in [0.25, 0.3) is 0 Å². The number of allylic oxidation sites excluding steroid dienone is 13. The molecular formula is C24H30N4. The lowest BCUT2D eigenvalue weighted by molar-refractivity contribution is 0.310. The minimum Gasteiger partial charge on any atom is -0.365 e. The van der Waals surface area contributed by atoms with E-state index in [1.807, 2.05) is 55.1 Å². The molecule has 0 saturated carbocycles. The van der Waals surface area contributed by atoms with Gasteiger partial charge in [-0.3, -0.25) is 0 Å². The van der Waals surface area contributed by atoms with Crippen molar-refractivity contribution in [2.45, 2.75) is 19.8 Å². The van der Waals surface area contributed by atoms with Crippen LogP contribution < -0.4 is 16.0 Å². The molecule has 3 aliphatic heterocycles. The summed E-state index contributed by atoms with van der Waals surface area (Å²) in [5, 5.41) is 10.2. The summed E-state index contributed by atoms with van der Waals surface area (Å²) in [4.78, 5) is 2.43. The molecule has 3 rings (SSSR count). The van der Waals surface area contributed by atoms with Gasteiger partial charge in [0.2, 0.25) is 0 Å². The first-order chi connectivity index (χ1) is 13.8. The van der Waals surface area contributed by atoms with E-state index in [9.17, 15) is 0 Å². The molecule has 0 fully saturated rings. The standard InChI is InChI=1S/C24H30N4/c1-21(23-12-6-3-9-17-26-23)14-19-28(24-13-7-4-10-18-27-24)20-15-22-11-5-2-8-16-25-22/h2-13,16-18,21,25-27H,14-15,19-20H2,1H3. The molecule has 3 N–H and O–H groups in total. The van der Waals surface area contributed by atoms with Crippen LogP contribution in [0.15, 0.2) is 109 Å². The topological polar surface area (TPSA) is 39.3 Å². The van der Waals surface area contributed by atoms with Gasteiger partial charge in [0.1, 0.15) is 5.82 Å². The molecule has 0 spiro atoms.